The van der Waals surface area contributed by atoms with Gasteiger partial charge in [0.05, 0.1) is 12.6 Å². The number of anilines is 3. The van der Waals surface area contributed by atoms with Gasteiger partial charge in [-0.1, -0.05) is 0 Å². The lowest BCUT2D eigenvalue weighted by Gasteiger charge is -2.12. The molecule has 0 aliphatic heterocycles. The van der Waals surface area contributed by atoms with E-state index in [9.17, 15) is 0 Å². The summed E-state index contributed by atoms with van der Waals surface area (Å²) in [5.41, 5.74) is 10.5. The van der Waals surface area contributed by atoms with E-state index in [0.29, 0.717) is 5.69 Å². The van der Waals surface area contributed by atoms with E-state index in [4.69, 9.17) is 10.5 Å². The van der Waals surface area contributed by atoms with Gasteiger partial charge in [-0.05, 0) is 55.0 Å². The van der Waals surface area contributed by atoms with E-state index in [-0.39, 0.29) is 0 Å². The molecule has 0 fully saturated rings. The van der Waals surface area contributed by atoms with Crippen molar-refractivity contribution in [2.45, 2.75) is 6.92 Å². The van der Waals surface area contributed by atoms with Crippen molar-refractivity contribution in [1.82, 2.24) is 4.98 Å². The van der Waals surface area contributed by atoms with Crippen LogP contribution in [-0.2, 0) is 0 Å². The average molecular weight is 279 g/mol. The molecule has 0 atom stereocenters. The first-order chi connectivity index (χ1) is 10.2. The topological polar surface area (TPSA) is 60.2 Å². The molecule has 0 saturated heterocycles. The summed E-state index contributed by atoms with van der Waals surface area (Å²) in [7, 11) is 1.68. The molecule has 0 amide bonds. The van der Waals surface area contributed by atoms with Crippen molar-refractivity contribution in [2.75, 3.05) is 18.2 Å². The number of aryl methyl sites for hydroxylation is 1. The molecule has 4 heteroatoms. The minimum Gasteiger partial charge on any atom is -0.496 e. The van der Waals surface area contributed by atoms with Crippen LogP contribution in [0.5, 0.6) is 5.75 Å². The highest BCUT2D eigenvalue weighted by Crippen LogP contribution is 2.28. The molecule has 1 aromatic heterocycles. The molecular weight excluding hydrogens is 262 g/mol. The number of rotatable bonds is 3. The summed E-state index contributed by atoms with van der Waals surface area (Å²) in [5, 5.41) is 4.46. The maximum absolute atomic E-state index is 5.80. The van der Waals surface area contributed by atoms with Gasteiger partial charge in [0, 0.05) is 28.6 Å². The minimum absolute atomic E-state index is 0.715. The smallest absolute Gasteiger partial charge is 0.121 e. The first kappa shape index (κ1) is 13.2. The molecule has 3 aromatic rings. The number of ether oxygens (including phenoxy) is 1. The van der Waals surface area contributed by atoms with E-state index < -0.39 is 0 Å². The Morgan fingerprint density at radius 2 is 1.95 bits per heavy atom. The van der Waals surface area contributed by atoms with Crippen molar-refractivity contribution in [3.05, 3.63) is 54.2 Å². The highest BCUT2D eigenvalue weighted by atomic mass is 16.5. The van der Waals surface area contributed by atoms with Crippen LogP contribution in [0.3, 0.4) is 0 Å². The Balaban J connectivity index is 2.00. The minimum atomic E-state index is 0.715. The standard InChI is InChI=1S/C17H17N3O/c1-11-9-13(4-6-17(11)21-2)20-15-7-8-19-16-10-12(18)3-5-14(15)16/h3-10H,18H2,1-2H3,(H,19,20). The lowest BCUT2D eigenvalue weighted by Crippen LogP contribution is -1.95. The maximum Gasteiger partial charge on any atom is 0.121 e. The summed E-state index contributed by atoms with van der Waals surface area (Å²) in [4.78, 5) is 4.35. The summed E-state index contributed by atoms with van der Waals surface area (Å²) < 4.78 is 5.28. The van der Waals surface area contributed by atoms with Crippen molar-refractivity contribution in [3.63, 3.8) is 0 Å². The van der Waals surface area contributed by atoms with Gasteiger partial charge in [-0.2, -0.15) is 0 Å². The number of nitrogens with zero attached hydrogens (tertiary/aromatic N) is 1. The van der Waals surface area contributed by atoms with Gasteiger partial charge in [-0.15, -0.1) is 0 Å². The zero-order valence-corrected chi connectivity index (χ0v) is 12.1. The lowest BCUT2D eigenvalue weighted by molar-refractivity contribution is 0.412. The van der Waals surface area contributed by atoms with Crippen LogP contribution in [0, 0.1) is 6.92 Å². The number of hydrogen-bond acceptors (Lipinski definition) is 4. The predicted octanol–water partition coefficient (Wildman–Crippen LogP) is 3.88. The Labute approximate surface area is 123 Å². The third-order valence-electron chi connectivity index (χ3n) is 3.44. The third-order valence-corrected chi connectivity index (χ3v) is 3.44. The molecule has 0 bridgehead atoms. The number of hydrogen-bond donors (Lipinski definition) is 2. The van der Waals surface area contributed by atoms with Crippen LogP contribution in [0.25, 0.3) is 10.9 Å². The van der Waals surface area contributed by atoms with Crippen LogP contribution in [0.2, 0.25) is 0 Å². The average Bonchev–Trinajstić information content (AvgIpc) is 2.47. The number of pyridine rings is 1. The largest absolute Gasteiger partial charge is 0.496 e. The van der Waals surface area contributed by atoms with Crippen molar-refractivity contribution < 1.29 is 4.74 Å². The molecule has 0 saturated carbocycles. The molecule has 0 aliphatic rings. The van der Waals surface area contributed by atoms with Gasteiger partial charge in [0.2, 0.25) is 0 Å². The van der Waals surface area contributed by atoms with Crippen molar-refractivity contribution >= 4 is 28.0 Å². The number of methoxy groups -OCH3 is 1. The van der Waals surface area contributed by atoms with E-state index in [1.165, 1.54) is 0 Å². The Morgan fingerprint density at radius 3 is 2.71 bits per heavy atom. The Morgan fingerprint density at radius 1 is 1.10 bits per heavy atom. The van der Waals surface area contributed by atoms with Gasteiger partial charge in [-0.3, -0.25) is 4.98 Å². The molecule has 21 heavy (non-hydrogen) atoms. The number of nitrogens with one attached hydrogen (secondary N) is 1. The summed E-state index contributed by atoms with van der Waals surface area (Å²) in [6, 6.07) is 13.7. The van der Waals surface area contributed by atoms with E-state index in [0.717, 1.165) is 33.6 Å². The first-order valence-corrected chi connectivity index (χ1v) is 6.73. The van der Waals surface area contributed by atoms with Crippen molar-refractivity contribution in [3.8, 4) is 5.75 Å². The molecule has 0 radical (unpaired) electrons. The molecule has 0 spiro atoms. The maximum atomic E-state index is 5.80. The number of fused-ring (bicyclic) bond motifs is 1. The highest BCUT2D eigenvalue weighted by molar-refractivity contribution is 5.94. The number of aromatic nitrogens is 1. The Hall–Kier alpha value is -2.75. The van der Waals surface area contributed by atoms with Crippen LogP contribution in [0.15, 0.2) is 48.7 Å². The molecule has 1 heterocycles. The normalized spacial score (nSPS) is 10.6. The van der Waals surface area contributed by atoms with Crippen LogP contribution in [0.4, 0.5) is 17.1 Å². The van der Waals surface area contributed by atoms with E-state index in [1.54, 1.807) is 13.3 Å². The molecule has 2 aromatic carbocycles. The monoisotopic (exact) mass is 279 g/mol. The first-order valence-electron chi connectivity index (χ1n) is 6.73. The second-order valence-electron chi connectivity index (χ2n) is 4.94. The summed E-state index contributed by atoms with van der Waals surface area (Å²) in [6.07, 6.45) is 1.78. The number of nitrogen functional groups attached to an aromatic ring is 1. The Bertz CT molecular complexity index is 799. The summed E-state index contributed by atoms with van der Waals surface area (Å²) in [6.45, 7) is 2.02. The molecule has 106 valence electrons. The molecule has 0 unspecified atom stereocenters. The molecule has 3 rings (SSSR count). The van der Waals surface area contributed by atoms with Crippen LogP contribution in [-0.4, -0.2) is 12.1 Å². The van der Waals surface area contributed by atoms with Crippen LogP contribution >= 0.6 is 0 Å². The Kier molecular flexibility index (Phi) is 3.36. The second-order valence-corrected chi connectivity index (χ2v) is 4.94. The van der Waals surface area contributed by atoms with Gasteiger partial charge in [-0.25, -0.2) is 0 Å². The van der Waals surface area contributed by atoms with Crippen LogP contribution in [0.1, 0.15) is 5.56 Å². The summed E-state index contributed by atoms with van der Waals surface area (Å²) in [5.74, 6) is 0.882. The fourth-order valence-electron chi connectivity index (χ4n) is 2.39. The second kappa shape index (κ2) is 5.32. The third kappa shape index (κ3) is 2.60. The number of benzene rings is 2. The van der Waals surface area contributed by atoms with Crippen molar-refractivity contribution in [2.24, 2.45) is 0 Å². The van der Waals surface area contributed by atoms with E-state index in [2.05, 4.69) is 16.4 Å². The van der Waals surface area contributed by atoms with Crippen LogP contribution < -0.4 is 15.8 Å². The van der Waals surface area contributed by atoms with Gasteiger partial charge >= 0.3 is 0 Å². The quantitative estimate of drug-likeness (QED) is 0.714. The SMILES string of the molecule is COc1ccc(Nc2ccnc3cc(N)ccc23)cc1C. The van der Waals surface area contributed by atoms with E-state index in [1.807, 2.05) is 43.3 Å². The molecule has 4 nitrogen and oxygen atoms in total. The predicted molar refractivity (Wildman–Crippen MR) is 87.2 cm³/mol. The lowest BCUT2D eigenvalue weighted by atomic mass is 10.1. The number of nitrogens with two attached hydrogens (primary N) is 1. The van der Waals surface area contributed by atoms with Gasteiger partial charge in [0.25, 0.3) is 0 Å². The summed E-state index contributed by atoms with van der Waals surface area (Å²) >= 11 is 0. The molecule has 3 N–H and O–H groups in total. The van der Waals surface area contributed by atoms with E-state index >= 15 is 0 Å². The molecule has 0 aliphatic carbocycles. The zero-order valence-electron chi connectivity index (χ0n) is 12.1. The fraction of sp³-hybridized carbons (Fsp3) is 0.118. The fourth-order valence-corrected chi connectivity index (χ4v) is 2.39. The van der Waals surface area contributed by atoms with Gasteiger partial charge < -0.3 is 15.8 Å². The highest BCUT2D eigenvalue weighted by Gasteiger charge is 2.04. The van der Waals surface area contributed by atoms with Crippen molar-refractivity contribution in [1.29, 1.82) is 0 Å². The zero-order chi connectivity index (χ0) is 14.8. The molecular formula is C17H17N3O. The van der Waals surface area contributed by atoms with Gasteiger partial charge in [0.15, 0.2) is 0 Å². The van der Waals surface area contributed by atoms with Gasteiger partial charge in [0.1, 0.15) is 5.75 Å².